The van der Waals surface area contributed by atoms with E-state index in [9.17, 15) is 34.5 Å². The molecule has 0 saturated heterocycles. The fourth-order valence-electron chi connectivity index (χ4n) is 5.39. The summed E-state index contributed by atoms with van der Waals surface area (Å²) in [4.78, 5) is 53.8. The lowest BCUT2D eigenvalue weighted by molar-refractivity contribution is -0.161. The van der Waals surface area contributed by atoms with E-state index >= 15 is 0 Å². The van der Waals surface area contributed by atoms with Crippen LogP contribution in [0, 0.1) is 11.8 Å². The van der Waals surface area contributed by atoms with Gasteiger partial charge in [-0.15, -0.1) is 0 Å². The molecule has 3 aliphatic rings. The number of aliphatic hydroxyl groups is 2. The molecule has 0 aliphatic heterocycles. The van der Waals surface area contributed by atoms with Crippen LogP contribution in [0.25, 0.3) is 0 Å². The molecule has 1 aromatic carbocycles. The number of alkyl halides is 1. The fraction of sp³-hybridized carbons (Fsp3) is 0.429. The summed E-state index contributed by atoms with van der Waals surface area (Å²) in [6, 6.07) is 1.76. The van der Waals surface area contributed by atoms with Crippen LogP contribution in [0.1, 0.15) is 22.3 Å². The Morgan fingerprint density at radius 3 is 2.41 bits per heavy atom. The molecule has 170 valence electrons. The van der Waals surface area contributed by atoms with Crippen molar-refractivity contribution in [3.8, 4) is 5.75 Å². The molecule has 1 fully saturated rings. The topological polar surface area (TPSA) is 158 Å². The van der Waals surface area contributed by atoms with Crippen LogP contribution in [0.2, 0.25) is 0 Å². The molecule has 0 spiro atoms. The summed E-state index contributed by atoms with van der Waals surface area (Å²) >= 11 is 6.63. The number of phenolic OH excluding ortho intramolecular Hbond substituents is 1. The Bertz CT molecular complexity index is 1150. The number of aliphatic hydroxyl groups excluding tert-OH is 1. The van der Waals surface area contributed by atoms with Crippen molar-refractivity contribution >= 4 is 55.1 Å². The summed E-state index contributed by atoms with van der Waals surface area (Å²) in [6.45, 7) is 0. The van der Waals surface area contributed by atoms with Crippen LogP contribution >= 0.6 is 31.9 Å². The van der Waals surface area contributed by atoms with Gasteiger partial charge in [-0.1, -0.05) is 31.9 Å². The number of carbonyl (C=O) groups excluding carboxylic acids is 4. The maximum Gasteiger partial charge on any atom is 0.255 e. The van der Waals surface area contributed by atoms with E-state index in [0.29, 0.717) is 10.0 Å². The zero-order chi connectivity index (χ0) is 23.9. The molecule has 0 bridgehead atoms. The standard InChI is InChI=1S/C21H20Br2N2O7/c1-25(2)14-9-6-7-5-8-10(22)3-4-11(26)12(8)16(28)20(7,23)19(31)21(9,32)17(29)13(15(14)27)18(24)30/h3-4,7,9,14,26,29,32H,5-6H2,1-2H3,(H2,24,30)/t7-,9-,14-,20?,21+/m0/s1. The van der Waals surface area contributed by atoms with Crippen molar-refractivity contribution < 1.29 is 34.5 Å². The molecular weight excluding hydrogens is 552 g/mol. The number of halogens is 2. The second-order valence-corrected chi connectivity index (χ2v) is 10.8. The fourth-order valence-corrected chi connectivity index (χ4v) is 6.73. The van der Waals surface area contributed by atoms with E-state index in [1.165, 1.54) is 11.0 Å². The number of Topliss-reactive ketones (excluding diaryl/α,β-unsaturated/α-hetero) is 3. The van der Waals surface area contributed by atoms with E-state index in [1.54, 1.807) is 20.2 Å². The van der Waals surface area contributed by atoms with Crippen LogP contribution in [0.15, 0.2) is 27.9 Å². The van der Waals surface area contributed by atoms with Gasteiger partial charge in [0.1, 0.15) is 17.1 Å². The third-order valence-corrected chi connectivity index (χ3v) is 8.96. The summed E-state index contributed by atoms with van der Waals surface area (Å²) in [7, 11) is 3.08. The maximum atomic E-state index is 13.8. The van der Waals surface area contributed by atoms with E-state index in [-0.39, 0.29) is 24.2 Å². The van der Waals surface area contributed by atoms with Gasteiger partial charge in [0.2, 0.25) is 0 Å². The van der Waals surface area contributed by atoms with Crippen molar-refractivity contribution in [3.05, 3.63) is 39.1 Å². The van der Waals surface area contributed by atoms with Gasteiger partial charge in [0.05, 0.1) is 11.6 Å². The normalized spacial score (nSPS) is 34.3. The van der Waals surface area contributed by atoms with Crippen molar-refractivity contribution in [3.63, 3.8) is 0 Å². The predicted octanol–water partition coefficient (Wildman–Crippen LogP) is 0.774. The maximum absolute atomic E-state index is 13.8. The summed E-state index contributed by atoms with van der Waals surface area (Å²) in [5.41, 5.74) is 2.16. The first-order valence-corrected chi connectivity index (χ1v) is 11.3. The van der Waals surface area contributed by atoms with Gasteiger partial charge in [-0.25, -0.2) is 0 Å². The second-order valence-electron chi connectivity index (χ2n) is 8.66. The third kappa shape index (κ3) is 2.68. The Kier molecular flexibility index (Phi) is 5.20. The number of hydrogen-bond acceptors (Lipinski definition) is 8. The Morgan fingerprint density at radius 2 is 1.84 bits per heavy atom. The van der Waals surface area contributed by atoms with Crippen LogP contribution in [0.4, 0.5) is 0 Å². The molecule has 0 aromatic heterocycles. The largest absolute Gasteiger partial charge is 0.508 e. The monoisotopic (exact) mass is 570 g/mol. The van der Waals surface area contributed by atoms with Gasteiger partial charge in [0, 0.05) is 10.4 Å². The SMILES string of the molecule is CN(C)[C@@H]1C(=O)C(C(N)=O)=C(O)[C@@]2(O)C(=O)C3(Br)C(=O)c4c(O)ccc(Br)c4C[C@H]3C[C@@H]12. The van der Waals surface area contributed by atoms with E-state index in [2.05, 4.69) is 31.9 Å². The second kappa shape index (κ2) is 7.21. The first-order chi connectivity index (χ1) is 14.8. The van der Waals surface area contributed by atoms with Gasteiger partial charge in [0.15, 0.2) is 27.3 Å². The molecule has 5 atom stereocenters. The minimum absolute atomic E-state index is 0.00848. The van der Waals surface area contributed by atoms with Crippen LogP contribution < -0.4 is 5.73 Å². The van der Waals surface area contributed by atoms with Crippen molar-refractivity contribution in [2.45, 2.75) is 28.8 Å². The number of phenols is 1. The number of ketones is 3. The first-order valence-electron chi connectivity index (χ1n) is 9.74. The summed E-state index contributed by atoms with van der Waals surface area (Å²) in [5.74, 6) is -7.26. The molecule has 5 N–H and O–H groups in total. The van der Waals surface area contributed by atoms with E-state index in [0.717, 1.165) is 0 Å². The zero-order valence-electron chi connectivity index (χ0n) is 17.1. The Balaban J connectivity index is 1.99. The molecule has 1 amide bonds. The molecule has 32 heavy (non-hydrogen) atoms. The number of nitrogens with two attached hydrogens (primary N) is 1. The summed E-state index contributed by atoms with van der Waals surface area (Å²) in [5, 5.41) is 32.7. The van der Waals surface area contributed by atoms with Crippen molar-refractivity contribution in [1.82, 2.24) is 4.90 Å². The summed E-state index contributed by atoms with van der Waals surface area (Å²) in [6.07, 6.45) is 0.173. The van der Waals surface area contributed by atoms with E-state index in [1.807, 2.05) is 0 Å². The molecular formula is C21H20Br2N2O7. The molecule has 11 heteroatoms. The summed E-state index contributed by atoms with van der Waals surface area (Å²) < 4.78 is -1.42. The number of aromatic hydroxyl groups is 1. The molecule has 1 saturated carbocycles. The number of carbonyl (C=O) groups is 4. The highest BCUT2D eigenvalue weighted by Crippen LogP contribution is 2.56. The number of benzene rings is 1. The average molecular weight is 572 g/mol. The van der Waals surface area contributed by atoms with Gasteiger partial charge < -0.3 is 21.1 Å². The number of hydrogen-bond donors (Lipinski definition) is 4. The lowest BCUT2D eigenvalue weighted by atomic mass is 9.54. The van der Waals surface area contributed by atoms with E-state index < -0.39 is 62.4 Å². The number of likely N-dealkylation sites (N-methyl/N-ethyl adjacent to an activating group) is 1. The first kappa shape index (κ1) is 23.1. The Hall–Kier alpha value is -2.08. The molecule has 0 radical (unpaired) electrons. The molecule has 3 aliphatic carbocycles. The Labute approximate surface area is 199 Å². The highest BCUT2D eigenvalue weighted by molar-refractivity contribution is 9.10. The lowest BCUT2D eigenvalue weighted by Crippen LogP contribution is -2.72. The lowest BCUT2D eigenvalue weighted by Gasteiger charge is -2.54. The number of fused-ring (bicyclic) bond motifs is 3. The highest BCUT2D eigenvalue weighted by Gasteiger charge is 2.71. The highest BCUT2D eigenvalue weighted by atomic mass is 79.9. The smallest absolute Gasteiger partial charge is 0.255 e. The van der Waals surface area contributed by atoms with Gasteiger partial charge in [-0.2, -0.15) is 0 Å². The van der Waals surface area contributed by atoms with Crippen LogP contribution in [-0.4, -0.2) is 73.5 Å². The van der Waals surface area contributed by atoms with Crippen molar-refractivity contribution in [2.24, 2.45) is 17.6 Å². The number of nitrogens with zero attached hydrogens (tertiary/aromatic N) is 1. The molecule has 1 unspecified atom stereocenters. The zero-order valence-corrected chi connectivity index (χ0v) is 20.2. The number of amides is 1. The minimum Gasteiger partial charge on any atom is -0.508 e. The van der Waals surface area contributed by atoms with Crippen LogP contribution in [-0.2, 0) is 20.8 Å². The predicted molar refractivity (Wildman–Crippen MR) is 118 cm³/mol. The Morgan fingerprint density at radius 1 is 1.22 bits per heavy atom. The molecule has 4 rings (SSSR count). The van der Waals surface area contributed by atoms with Crippen LogP contribution in [0.5, 0.6) is 5.75 Å². The minimum atomic E-state index is -2.71. The quantitative estimate of drug-likeness (QED) is 0.230. The average Bonchev–Trinajstić information content (AvgIpc) is 2.70. The molecule has 1 aromatic rings. The van der Waals surface area contributed by atoms with Crippen molar-refractivity contribution in [2.75, 3.05) is 14.1 Å². The van der Waals surface area contributed by atoms with Gasteiger partial charge in [-0.05, 0) is 50.6 Å². The number of rotatable bonds is 2. The molecule has 9 nitrogen and oxygen atoms in total. The molecule has 0 heterocycles. The van der Waals surface area contributed by atoms with Gasteiger partial charge in [0.25, 0.3) is 5.91 Å². The van der Waals surface area contributed by atoms with Gasteiger partial charge >= 0.3 is 0 Å². The van der Waals surface area contributed by atoms with E-state index in [4.69, 9.17) is 5.73 Å². The van der Waals surface area contributed by atoms with Crippen molar-refractivity contribution in [1.29, 1.82) is 0 Å². The number of primary amides is 1. The van der Waals surface area contributed by atoms with Crippen LogP contribution in [0.3, 0.4) is 0 Å². The van der Waals surface area contributed by atoms with Gasteiger partial charge in [-0.3, -0.25) is 24.1 Å². The third-order valence-electron chi connectivity index (χ3n) is 6.85.